The second-order valence-corrected chi connectivity index (χ2v) is 4.60. The molecule has 1 aromatic carbocycles. The number of benzene rings is 1. The van der Waals surface area contributed by atoms with Crippen molar-refractivity contribution in [3.63, 3.8) is 0 Å². The van der Waals surface area contributed by atoms with Crippen LogP contribution in [0, 0.1) is 0 Å². The van der Waals surface area contributed by atoms with Crippen molar-refractivity contribution in [2.24, 2.45) is 0 Å². The number of aliphatic hydroxyl groups excluding tert-OH is 1. The van der Waals surface area contributed by atoms with Crippen LogP contribution in [0.25, 0.3) is 0 Å². The minimum absolute atomic E-state index is 0.0520. The van der Waals surface area contributed by atoms with Gasteiger partial charge in [-0.3, -0.25) is 0 Å². The van der Waals surface area contributed by atoms with E-state index in [0.717, 1.165) is 0 Å². The first-order valence-corrected chi connectivity index (χ1v) is 6.45. The predicted octanol–water partition coefficient (Wildman–Crippen LogP) is 2.41. The van der Waals surface area contributed by atoms with Gasteiger partial charge in [-0.05, 0) is 17.7 Å². The van der Waals surface area contributed by atoms with E-state index in [2.05, 4.69) is 19.6 Å². The summed E-state index contributed by atoms with van der Waals surface area (Å²) in [7, 11) is 0. The van der Waals surface area contributed by atoms with Gasteiger partial charge in [-0.15, -0.1) is 20.4 Å². The molecule has 9 heteroatoms. The fourth-order valence-electron chi connectivity index (χ4n) is 1.89. The van der Waals surface area contributed by atoms with Crippen LogP contribution in [0.2, 0.25) is 0 Å². The normalized spacial score (nSPS) is 17.0. The molecule has 0 spiro atoms. The first kappa shape index (κ1) is 14.0. The maximum absolute atomic E-state index is 12.9. The number of hydrogen-bond donors (Lipinski definition) is 1. The van der Waals surface area contributed by atoms with Gasteiger partial charge in [-0.25, -0.2) is 0 Å². The number of aromatic nitrogens is 2. The Bertz CT molecular complexity index is 664. The molecule has 3 rings (SSSR count). The number of rotatable bonds is 4. The average molecular weight is 319 g/mol. The minimum Gasteiger partial charge on any atom is -0.395 e. The molecule has 0 radical (unpaired) electrons. The van der Waals surface area contributed by atoms with Crippen molar-refractivity contribution < 1.29 is 27.9 Å². The van der Waals surface area contributed by atoms with E-state index in [-0.39, 0.29) is 35.5 Å². The molecule has 0 amide bonds. The lowest BCUT2D eigenvalue weighted by molar-refractivity contribution is -0.286. The van der Waals surface area contributed by atoms with Gasteiger partial charge in [0.15, 0.2) is 17.3 Å². The molecule has 0 saturated heterocycles. The first-order chi connectivity index (χ1) is 9.97. The topological polar surface area (TPSA) is 77.6 Å². The van der Waals surface area contributed by atoms with Gasteiger partial charge in [0, 0.05) is 6.42 Å². The minimum atomic E-state index is -3.69. The van der Waals surface area contributed by atoms with Crippen molar-refractivity contribution in [2.75, 3.05) is 0 Å². The maximum atomic E-state index is 12.9. The van der Waals surface area contributed by atoms with E-state index >= 15 is 0 Å². The molecule has 2 aromatic rings. The Balaban J connectivity index is 1.75. The Labute approximate surface area is 122 Å². The summed E-state index contributed by atoms with van der Waals surface area (Å²) in [6.07, 6.45) is -4.64. The highest BCUT2D eigenvalue weighted by molar-refractivity contribution is 6.16. The van der Waals surface area contributed by atoms with E-state index in [1.807, 2.05) is 0 Å². The van der Waals surface area contributed by atoms with E-state index in [0.29, 0.717) is 5.56 Å². The number of ether oxygens (including phenoxy) is 2. The zero-order valence-electron chi connectivity index (χ0n) is 10.4. The zero-order valence-corrected chi connectivity index (χ0v) is 11.2. The molecule has 0 aliphatic carbocycles. The van der Waals surface area contributed by atoms with E-state index in [4.69, 9.17) is 16.1 Å². The molecule has 0 saturated carbocycles. The molecular weight excluding hydrogens is 310 g/mol. The lowest BCUT2D eigenvalue weighted by Gasteiger charge is -2.08. The zero-order chi connectivity index (χ0) is 15.0. The maximum Gasteiger partial charge on any atom is 0.586 e. The SMILES string of the molecule is O[C@@H](Cc1noc(CCl)n1)c1ccc2c(c1)OC(F)(F)O2. The first-order valence-electron chi connectivity index (χ1n) is 5.92. The summed E-state index contributed by atoms with van der Waals surface area (Å²) in [6, 6.07) is 4.04. The Morgan fingerprint density at radius 2 is 2.05 bits per heavy atom. The van der Waals surface area contributed by atoms with Crippen LogP contribution in [0.1, 0.15) is 23.4 Å². The Morgan fingerprint density at radius 1 is 1.29 bits per heavy atom. The smallest absolute Gasteiger partial charge is 0.395 e. The third-order valence-electron chi connectivity index (χ3n) is 2.81. The summed E-state index contributed by atoms with van der Waals surface area (Å²) in [4.78, 5) is 3.94. The number of alkyl halides is 3. The van der Waals surface area contributed by atoms with Gasteiger partial charge in [-0.2, -0.15) is 4.98 Å². The van der Waals surface area contributed by atoms with Gasteiger partial charge in [-0.1, -0.05) is 11.2 Å². The van der Waals surface area contributed by atoms with Gasteiger partial charge in [0.25, 0.3) is 0 Å². The van der Waals surface area contributed by atoms with Crippen LogP contribution in [0.3, 0.4) is 0 Å². The van der Waals surface area contributed by atoms with Crippen molar-refractivity contribution in [2.45, 2.75) is 24.7 Å². The Morgan fingerprint density at radius 3 is 2.76 bits per heavy atom. The Hall–Kier alpha value is -1.93. The number of hydrogen-bond acceptors (Lipinski definition) is 6. The van der Waals surface area contributed by atoms with Crippen LogP contribution >= 0.6 is 11.6 Å². The fraction of sp³-hybridized carbons (Fsp3) is 0.333. The van der Waals surface area contributed by atoms with Crippen LogP contribution in [0.5, 0.6) is 11.5 Å². The third-order valence-corrected chi connectivity index (χ3v) is 3.04. The molecule has 1 atom stereocenters. The van der Waals surface area contributed by atoms with E-state index in [1.165, 1.54) is 18.2 Å². The number of fused-ring (bicyclic) bond motifs is 1. The van der Waals surface area contributed by atoms with E-state index in [9.17, 15) is 13.9 Å². The number of halogens is 3. The van der Waals surface area contributed by atoms with Gasteiger partial charge in [0.05, 0.1) is 6.10 Å². The summed E-state index contributed by atoms with van der Waals surface area (Å²) in [5, 5.41) is 13.7. The molecule has 1 aliphatic rings. The summed E-state index contributed by atoms with van der Waals surface area (Å²) >= 11 is 5.52. The van der Waals surface area contributed by atoms with Crippen LogP contribution in [0.15, 0.2) is 22.7 Å². The lowest BCUT2D eigenvalue weighted by Crippen LogP contribution is -2.25. The molecule has 0 bridgehead atoms. The van der Waals surface area contributed by atoms with Crippen molar-refractivity contribution in [1.82, 2.24) is 10.1 Å². The Kier molecular flexibility index (Phi) is 3.42. The molecule has 1 aromatic heterocycles. The molecule has 1 aliphatic heterocycles. The van der Waals surface area contributed by atoms with Crippen molar-refractivity contribution >= 4 is 11.6 Å². The molecule has 0 unspecified atom stereocenters. The molecule has 21 heavy (non-hydrogen) atoms. The molecular formula is C12H9ClF2N2O4. The van der Waals surface area contributed by atoms with E-state index < -0.39 is 12.4 Å². The van der Waals surface area contributed by atoms with Crippen molar-refractivity contribution in [1.29, 1.82) is 0 Å². The van der Waals surface area contributed by atoms with Gasteiger partial charge in [0.2, 0.25) is 5.89 Å². The fourth-order valence-corrected chi connectivity index (χ4v) is 2.00. The molecule has 2 heterocycles. The predicted molar refractivity (Wildman–Crippen MR) is 65.2 cm³/mol. The highest BCUT2D eigenvalue weighted by atomic mass is 35.5. The van der Waals surface area contributed by atoms with Crippen LogP contribution < -0.4 is 9.47 Å². The monoisotopic (exact) mass is 318 g/mol. The largest absolute Gasteiger partial charge is 0.586 e. The summed E-state index contributed by atoms with van der Waals surface area (Å²) in [5.74, 6) is 0.360. The second-order valence-electron chi connectivity index (χ2n) is 4.33. The van der Waals surface area contributed by atoms with Gasteiger partial charge >= 0.3 is 6.29 Å². The average Bonchev–Trinajstić information content (AvgIpc) is 2.99. The summed E-state index contributed by atoms with van der Waals surface area (Å²) in [6.45, 7) is 0. The highest BCUT2D eigenvalue weighted by Gasteiger charge is 2.43. The summed E-state index contributed by atoms with van der Waals surface area (Å²) < 4.78 is 39.2. The van der Waals surface area contributed by atoms with Crippen molar-refractivity contribution in [3.8, 4) is 11.5 Å². The van der Waals surface area contributed by atoms with Gasteiger partial charge < -0.3 is 19.1 Å². The van der Waals surface area contributed by atoms with Crippen molar-refractivity contribution in [3.05, 3.63) is 35.5 Å². The van der Waals surface area contributed by atoms with Crippen LogP contribution in [-0.4, -0.2) is 21.5 Å². The quantitative estimate of drug-likeness (QED) is 0.872. The van der Waals surface area contributed by atoms with Gasteiger partial charge in [0.1, 0.15) is 5.88 Å². The standard InChI is InChI=1S/C12H9ClF2N2O4/c13-5-11-16-10(17-21-11)4-7(18)6-1-2-8-9(3-6)20-12(14,15)19-8/h1-3,7,18H,4-5H2/t7-/m0/s1. The number of aliphatic hydroxyl groups is 1. The lowest BCUT2D eigenvalue weighted by atomic mass is 10.1. The molecule has 1 N–H and O–H groups in total. The number of nitrogens with zero attached hydrogens (tertiary/aromatic N) is 2. The van der Waals surface area contributed by atoms with Crippen LogP contribution in [0.4, 0.5) is 8.78 Å². The summed E-state index contributed by atoms with van der Waals surface area (Å²) in [5.41, 5.74) is 0.368. The molecule has 112 valence electrons. The second kappa shape index (κ2) is 5.12. The van der Waals surface area contributed by atoms with E-state index in [1.54, 1.807) is 0 Å². The highest BCUT2D eigenvalue weighted by Crippen LogP contribution is 2.42. The molecule has 0 fully saturated rings. The van der Waals surface area contributed by atoms with Crippen LogP contribution in [-0.2, 0) is 12.3 Å². The molecule has 6 nitrogen and oxygen atoms in total. The third kappa shape index (κ3) is 2.91.